The summed E-state index contributed by atoms with van der Waals surface area (Å²) < 4.78 is 27.1. The molecule has 0 aliphatic carbocycles. The summed E-state index contributed by atoms with van der Waals surface area (Å²) in [5, 5.41) is 27.5. The molecular formula is C24H29ClFN3O4. The second-order valence-corrected chi connectivity index (χ2v) is 8.77. The van der Waals surface area contributed by atoms with Crippen LogP contribution < -0.4 is 9.47 Å². The molecule has 2 atom stereocenters. The number of aliphatic hydroxyl groups excluding tert-OH is 2. The van der Waals surface area contributed by atoms with Gasteiger partial charge in [-0.05, 0) is 42.3 Å². The first-order valence-corrected chi connectivity index (χ1v) is 11.2. The van der Waals surface area contributed by atoms with E-state index in [4.69, 9.17) is 21.1 Å². The quantitative estimate of drug-likeness (QED) is 0.411. The maximum Gasteiger partial charge on any atom is 0.165 e. The van der Waals surface area contributed by atoms with Gasteiger partial charge in [0.25, 0.3) is 0 Å². The van der Waals surface area contributed by atoms with Gasteiger partial charge in [0.1, 0.15) is 31.2 Å². The van der Waals surface area contributed by atoms with Crippen LogP contribution >= 0.6 is 11.6 Å². The summed E-state index contributed by atoms with van der Waals surface area (Å²) in [7, 11) is 0. The molecule has 0 spiro atoms. The predicted molar refractivity (Wildman–Crippen MR) is 123 cm³/mol. The lowest BCUT2D eigenvalue weighted by atomic mass is 9.78. The fraction of sp³-hybridized carbons (Fsp3) is 0.417. The largest absolute Gasteiger partial charge is 0.491 e. The molecule has 1 heterocycles. The highest BCUT2D eigenvalue weighted by atomic mass is 35.5. The standard InChI is InChI=1S/C24H29ClFN3O4/c1-16-12-29(28-27-16)13-20(31)15-32-21-7-4-17(5-8-21)24(2,3)18-6-9-23(22(26)10-18)33-14-19(30)11-25/h4-10,12,19-20,30-31H,11,13-15H2,1-3H3. The fourth-order valence-electron chi connectivity index (χ4n) is 3.32. The summed E-state index contributed by atoms with van der Waals surface area (Å²) in [5.74, 6) is 0.213. The lowest BCUT2D eigenvalue weighted by Crippen LogP contribution is -2.24. The number of alkyl halides is 1. The monoisotopic (exact) mass is 477 g/mol. The highest BCUT2D eigenvalue weighted by molar-refractivity contribution is 6.18. The van der Waals surface area contributed by atoms with Gasteiger partial charge in [-0.25, -0.2) is 9.07 Å². The van der Waals surface area contributed by atoms with Crippen LogP contribution in [0.5, 0.6) is 11.5 Å². The van der Waals surface area contributed by atoms with Gasteiger partial charge in [-0.1, -0.05) is 37.3 Å². The van der Waals surface area contributed by atoms with Crippen LogP contribution in [0.1, 0.15) is 30.7 Å². The maximum absolute atomic E-state index is 14.6. The molecule has 0 fully saturated rings. The normalized spacial score (nSPS) is 13.5. The molecule has 1 aromatic heterocycles. The van der Waals surface area contributed by atoms with Crippen molar-refractivity contribution in [1.29, 1.82) is 0 Å². The summed E-state index contributed by atoms with van der Waals surface area (Å²) in [5.41, 5.74) is 2.06. The van der Waals surface area contributed by atoms with Crippen LogP contribution in [-0.2, 0) is 12.0 Å². The van der Waals surface area contributed by atoms with Crippen molar-refractivity contribution in [2.24, 2.45) is 0 Å². The van der Waals surface area contributed by atoms with Gasteiger partial charge in [-0.3, -0.25) is 0 Å². The Bertz CT molecular complexity index is 1040. The SMILES string of the molecule is Cc1cn(CC(O)COc2ccc(C(C)(C)c3ccc(OCC(O)CCl)c(F)c3)cc2)nn1. The average molecular weight is 478 g/mol. The Hall–Kier alpha value is -2.68. The van der Waals surface area contributed by atoms with E-state index in [-0.39, 0.29) is 24.8 Å². The second-order valence-electron chi connectivity index (χ2n) is 8.46. The number of halogens is 2. The van der Waals surface area contributed by atoms with Gasteiger partial charge in [-0.2, -0.15) is 0 Å². The van der Waals surface area contributed by atoms with Crippen molar-refractivity contribution in [3.05, 3.63) is 71.3 Å². The number of ether oxygens (including phenoxy) is 2. The van der Waals surface area contributed by atoms with E-state index in [0.717, 1.165) is 16.8 Å². The van der Waals surface area contributed by atoms with E-state index in [1.807, 2.05) is 45.0 Å². The Balaban J connectivity index is 1.61. The van der Waals surface area contributed by atoms with Crippen LogP contribution in [0.3, 0.4) is 0 Å². The van der Waals surface area contributed by atoms with Gasteiger partial charge in [0, 0.05) is 11.6 Å². The minimum absolute atomic E-state index is 0.0208. The fourth-order valence-corrected chi connectivity index (χ4v) is 3.41. The second kappa shape index (κ2) is 11.0. The molecule has 0 aliphatic rings. The lowest BCUT2D eigenvalue weighted by molar-refractivity contribution is 0.0888. The molecule has 2 aromatic carbocycles. The van der Waals surface area contributed by atoms with Gasteiger partial charge in [0.2, 0.25) is 0 Å². The van der Waals surface area contributed by atoms with Crippen molar-refractivity contribution in [3.8, 4) is 11.5 Å². The third-order valence-electron chi connectivity index (χ3n) is 5.33. The summed E-state index contributed by atoms with van der Waals surface area (Å²) in [4.78, 5) is 0. The van der Waals surface area contributed by atoms with E-state index < -0.39 is 23.4 Å². The van der Waals surface area contributed by atoms with E-state index in [2.05, 4.69) is 10.3 Å². The molecule has 0 aliphatic heterocycles. The Morgan fingerprint density at radius 2 is 1.70 bits per heavy atom. The van der Waals surface area contributed by atoms with Crippen molar-refractivity contribution in [1.82, 2.24) is 15.0 Å². The lowest BCUT2D eigenvalue weighted by Gasteiger charge is -2.27. The number of hydrogen-bond donors (Lipinski definition) is 2. The topological polar surface area (TPSA) is 89.6 Å². The van der Waals surface area contributed by atoms with Crippen LogP contribution in [-0.4, -0.2) is 56.5 Å². The number of nitrogens with zero attached hydrogens (tertiary/aromatic N) is 3. The van der Waals surface area contributed by atoms with Crippen molar-refractivity contribution in [2.45, 2.75) is 44.9 Å². The van der Waals surface area contributed by atoms with E-state index in [0.29, 0.717) is 12.3 Å². The number of hydrogen-bond acceptors (Lipinski definition) is 6. The van der Waals surface area contributed by atoms with Gasteiger partial charge in [-0.15, -0.1) is 16.7 Å². The molecule has 0 saturated heterocycles. The Kier molecular flexibility index (Phi) is 8.29. The highest BCUT2D eigenvalue weighted by Gasteiger charge is 2.24. The molecule has 33 heavy (non-hydrogen) atoms. The molecule has 3 rings (SSSR count). The molecule has 0 amide bonds. The van der Waals surface area contributed by atoms with Crippen LogP contribution in [0.4, 0.5) is 4.39 Å². The molecule has 3 aromatic rings. The van der Waals surface area contributed by atoms with Gasteiger partial charge in [0.15, 0.2) is 11.6 Å². The summed E-state index contributed by atoms with van der Waals surface area (Å²) in [6, 6.07) is 12.3. The van der Waals surface area contributed by atoms with Crippen molar-refractivity contribution in [3.63, 3.8) is 0 Å². The highest BCUT2D eigenvalue weighted by Crippen LogP contribution is 2.34. The zero-order chi connectivity index (χ0) is 24.0. The summed E-state index contributed by atoms with van der Waals surface area (Å²) in [6.07, 6.45) is 0.178. The van der Waals surface area contributed by atoms with E-state index >= 15 is 0 Å². The van der Waals surface area contributed by atoms with Crippen LogP contribution in [0.15, 0.2) is 48.7 Å². The first-order chi connectivity index (χ1) is 15.7. The van der Waals surface area contributed by atoms with E-state index in [1.165, 1.54) is 6.07 Å². The van der Waals surface area contributed by atoms with Crippen LogP contribution in [0.25, 0.3) is 0 Å². The number of aryl methyl sites for hydroxylation is 1. The van der Waals surface area contributed by atoms with Crippen molar-refractivity contribution >= 4 is 11.6 Å². The van der Waals surface area contributed by atoms with Crippen LogP contribution in [0.2, 0.25) is 0 Å². The number of rotatable bonds is 11. The summed E-state index contributed by atoms with van der Waals surface area (Å²) in [6.45, 7) is 6.17. The third kappa shape index (κ3) is 6.66. The van der Waals surface area contributed by atoms with Gasteiger partial charge in [0.05, 0.1) is 18.1 Å². The number of benzene rings is 2. The molecule has 178 valence electrons. The maximum atomic E-state index is 14.6. The Morgan fingerprint density at radius 1 is 1.03 bits per heavy atom. The molecule has 0 bridgehead atoms. The Labute approximate surface area is 197 Å². The average Bonchev–Trinajstić information content (AvgIpc) is 3.21. The zero-order valence-corrected chi connectivity index (χ0v) is 19.7. The minimum atomic E-state index is -0.851. The van der Waals surface area contributed by atoms with Crippen molar-refractivity contribution in [2.75, 3.05) is 19.1 Å². The zero-order valence-electron chi connectivity index (χ0n) is 18.9. The van der Waals surface area contributed by atoms with Gasteiger partial charge < -0.3 is 19.7 Å². The molecule has 0 radical (unpaired) electrons. The smallest absolute Gasteiger partial charge is 0.165 e. The number of aromatic nitrogens is 3. The predicted octanol–water partition coefficient (Wildman–Crippen LogP) is 3.47. The first kappa shape index (κ1) is 25.0. The molecule has 9 heteroatoms. The van der Waals surface area contributed by atoms with Crippen LogP contribution in [0, 0.1) is 12.7 Å². The van der Waals surface area contributed by atoms with E-state index in [9.17, 15) is 14.6 Å². The van der Waals surface area contributed by atoms with E-state index in [1.54, 1.807) is 23.0 Å². The molecule has 2 N–H and O–H groups in total. The summed E-state index contributed by atoms with van der Waals surface area (Å²) >= 11 is 5.54. The Morgan fingerprint density at radius 3 is 2.30 bits per heavy atom. The molecule has 7 nitrogen and oxygen atoms in total. The molecular weight excluding hydrogens is 449 g/mol. The van der Waals surface area contributed by atoms with Crippen molar-refractivity contribution < 1.29 is 24.1 Å². The molecule has 0 saturated carbocycles. The minimum Gasteiger partial charge on any atom is -0.491 e. The van der Waals surface area contributed by atoms with Gasteiger partial charge >= 0.3 is 0 Å². The number of aliphatic hydroxyl groups is 2. The molecule has 2 unspecified atom stereocenters. The first-order valence-electron chi connectivity index (χ1n) is 10.6. The third-order valence-corrected chi connectivity index (χ3v) is 5.69.